The molecule has 1 aromatic heterocycles. The molecule has 0 bridgehead atoms. The molecule has 1 aromatic rings. The molecular formula is C11H18N2. The van der Waals surface area contributed by atoms with Crippen LogP contribution >= 0.6 is 0 Å². The fourth-order valence-electron chi connectivity index (χ4n) is 2.19. The summed E-state index contributed by atoms with van der Waals surface area (Å²) < 4.78 is 0. The van der Waals surface area contributed by atoms with Crippen LogP contribution in [-0.4, -0.2) is 11.5 Å². The number of hydrogen-bond acceptors (Lipinski definition) is 1. The highest BCUT2D eigenvalue weighted by Gasteiger charge is 2.30. The Morgan fingerprint density at radius 2 is 2.15 bits per heavy atom. The Bertz CT molecular complexity index is 293. The number of rotatable bonds is 0. The van der Waals surface area contributed by atoms with E-state index in [-0.39, 0.29) is 0 Å². The molecule has 2 heterocycles. The number of nitrogens with one attached hydrogen (secondary N) is 2. The summed E-state index contributed by atoms with van der Waals surface area (Å²) in [6.45, 7) is 8.04. The molecule has 2 heteroatoms. The molecule has 1 aliphatic heterocycles. The maximum atomic E-state index is 3.41. The van der Waals surface area contributed by atoms with E-state index in [1.165, 1.54) is 17.8 Å². The first kappa shape index (κ1) is 8.67. The van der Waals surface area contributed by atoms with E-state index < -0.39 is 0 Å². The maximum absolute atomic E-state index is 3.41. The van der Waals surface area contributed by atoms with Crippen molar-refractivity contribution < 1.29 is 0 Å². The fourth-order valence-corrected chi connectivity index (χ4v) is 2.19. The Hall–Kier alpha value is -0.920. The van der Waals surface area contributed by atoms with Crippen LogP contribution in [0.15, 0.2) is 12.3 Å². The van der Waals surface area contributed by atoms with Gasteiger partial charge in [-0.25, -0.2) is 0 Å². The quantitative estimate of drug-likeness (QED) is 0.628. The minimum Gasteiger partial charge on any atom is -0.384 e. The summed E-state index contributed by atoms with van der Waals surface area (Å²) in [6, 6.07) is 2.13. The first-order chi connectivity index (χ1) is 6.09. The lowest BCUT2D eigenvalue weighted by Gasteiger charge is -2.34. The van der Waals surface area contributed by atoms with Crippen molar-refractivity contribution in [3.8, 4) is 0 Å². The third kappa shape index (κ3) is 1.45. The topological polar surface area (TPSA) is 27.8 Å². The lowest BCUT2D eigenvalue weighted by Crippen LogP contribution is -2.26. The molecule has 0 radical (unpaired) electrons. The Morgan fingerprint density at radius 1 is 1.38 bits per heavy atom. The van der Waals surface area contributed by atoms with Crippen LogP contribution in [0, 0.1) is 5.41 Å². The Kier molecular flexibility index (Phi) is 1.86. The van der Waals surface area contributed by atoms with Gasteiger partial charge in [0.2, 0.25) is 0 Å². The smallest absolute Gasteiger partial charge is 0.0554 e. The van der Waals surface area contributed by atoms with Gasteiger partial charge in [0.05, 0.1) is 5.69 Å². The monoisotopic (exact) mass is 178 g/mol. The highest BCUT2D eigenvalue weighted by molar-refractivity contribution is 5.52. The van der Waals surface area contributed by atoms with Crippen LogP contribution in [0.2, 0.25) is 0 Å². The predicted octanol–water partition coefficient (Wildman–Crippen LogP) is 2.96. The van der Waals surface area contributed by atoms with Crippen molar-refractivity contribution in [3.05, 3.63) is 18.0 Å². The molecule has 0 aliphatic carbocycles. The van der Waals surface area contributed by atoms with Crippen LogP contribution in [0.3, 0.4) is 0 Å². The second-order valence-corrected chi connectivity index (χ2v) is 4.94. The third-order valence-electron chi connectivity index (χ3n) is 2.92. The van der Waals surface area contributed by atoms with E-state index in [1.807, 2.05) is 6.20 Å². The van der Waals surface area contributed by atoms with Gasteiger partial charge in [-0.05, 0) is 17.9 Å². The summed E-state index contributed by atoms with van der Waals surface area (Å²) in [7, 11) is 0. The number of anilines is 1. The zero-order valence-electron chi connectivity index (χ0n) is 8.65. The molecule has 0 amide bonds. The SMILES string of the molecule is CC(C)(C)C1CCNc2cc[nH]c21. The van der Waals surface area contributed by atoms with Crippen LogP contribution in [0.1, 0.15) is 38.8 Å². The van der Waals surface area contributed by atoms with Gasteiger partial charge >= 0.3 is 0 Å². The maximum Gasteiger partial charge on any atom is 0.0554 e. The van der Waals surface area contributed by atoms with Crippen molar-refractivity contribution in [2.75, 3.05) is 11.9 Å². The first-order valence-corrected chi connectivity index (χ1v) is 5.00. The van der Waals surface area contributed by atoms with E-state index in [0.29, 0.717) is 11.3 Å². The van der Waals surface area contributed by atoms with Crippen LogP contribution in [0.25, 0.3) is 0 Å². The Morgan fingerprint density at radius 3 is 2.85 bits per heavy atom. The molecule has 0 saturated heterocycles. The van der Waals surface area contributed by atoms with Gasteiger partial charge in [-0.15, -0.1) is 0 Å². The van der Waals surface area contributed by atoms with Gasteiger partial charge in [-0.3, -0.25) is 0 Å². The molecule has 1 unspecified atom stereocenters. The van der Waals surface area contributed by atoms with Crippen molar-refractivity contribution >= 4 is 5.69 Å². The summed E-state index contributed by atoms with van der Waals surface area (Å²) in [5.41, 5.74) is 3.05. The number of hydrogen-bond donors (Lipinski definition) is 2. The molecule has 1 atom stereocenters. The van der Waals surface area contributed by atoms with Crippen LogP contribution in [-0.2, 0) is 0 Å². The highest BCUT2D eigenvalue weighted by atomic mass is 14.9. The number of fused-ring (bicyclic) bond motifs is 1. The zero-order chi connectivity index (χ0) is 9.47. The average Bonchev–Trinajstić information content (AvgIpc) is 2.48. The normalized spacial score (nSPS) is 22.2. The minimum absolute atomic E-state index is 0.363. The number of aromatic nitrogens is 1. The summed E-state index contributed by atoms with van der Waals surface area (Å²) in [6.07, 6.45) is 3.26. The largest absolute Gasteiger partial charge is 0.384 e. The van der Waals surface area contributed by atoms with E-state index in [0.717, 1.165) is 6.54 Å². The second-order valence-electron chi connectivity index (χ2n) is 4.94. The van der Waals surface area contributed by atoms with Crippen molar-refractivity contribution in [3.63, 3.8) is 0 Å². The molecule has 72 valence electrons. The molecule has 0 fully saturated rings. The zero-order valence-corrected chi connectivity index (χ0v) is 8.65. The van der Waals surface area contributed by atoms with Crippen molar-refractivity contribution in [1.29, 1.82) is 0 Å². The average molecular weight is 178 g/mol. The van der Waals surface area contributed by atoms with Crippen molar-refractivity contribution in [2.45, 2.75) is 33.1 Å². The molecular weight excluding hydrogens is 160 g/mol. The van der Waals surface area contributed by atoms with Gasteiger partial charge in [-0.2, -0.15) is 0 Å². The lowest BCUT2D eigenvalue weighted by molar-refractivity contribution is 0.301. The first-order valence-electron chi connectivity index (χ1n) is 5.00. The van der Waals surface area contributed by atoms with Crippen molar-refractivity contribution in [2.24, 2.45) is 5.41 Å². The predicted molar refractivity (Wildman–Crippen MR) is 56.1 cm³/mol. The molecule has 13 heavy (non-hydrogen) atoms. The summed E-state index contributed by atoms with van der Waals surface area (Å²) in [5, 5.41) is 3.41. The van der Waals surface area contributed by atoms with Crippen LogP contribution in [0.5, 0.6) is 0 Å². The van der Waals surface area contributed by atoms with Gasteiger partial charge in [0.25, 0.3) is 0 Å². The lowest BCUT2D eigenvalue weighted by atomic mass is 9.75. The summed E-state index contributed by atoms with van der Waals surface area (Å²) in [5.74, 6) is 0.666. The van der Waals surface area contributed by atoms with Gasteiger partial charge < -0.3 is 10.3 Å². The van der Waals surface area contributed by atoms with Gasteiger partial charge in [0.15, 0.2) is 0 Å². The standard InChI is InChI=1S/C11H18N2/c1-11(2,3)8-4-6-12-9-5-7-13-10(8)9/h5,7-8,12-13H,4,6H2,1-3H3. The van der Waals surface area contributed by atoms with Crippen LogP contribution < -0.4 is 5.32 Å². The number of aromatic amines is 1. The Balaban J connectivity index is 2.35. The second kappa shape index (κ2) is 2.79. The molecule has 0 spiro atoms. The third-order valence-corrected chi connectivity index (χ3v) is 2.92. The van der Waals surface area contributed by atoms with E-state index in [1.54, 1.807) is 0 Å². The van der Waals surface area contributed by atoms with E-state index in [2.05, 4.69) is 37.1 Å². The van der Waals surface area contributed by atoms with E-state index in [4.69, 9.17) is 0 Å². The van der Waals surface area contributed by atoms with Gasteiger partial charge in [-0.1, -0.05) is 20.8 Å². The molecule has 1 aliphatic rings. The highest BCUT2D eigenvalue weighted by Crippen LogP contribution is 2.42. The van der Waals surface area contributed by atoms with E-state index >= 15 is 0 Å². The van der Waals surface area contributed by atoms with Crippen molar-refractivity contribution in [1.82, 2.24) is 4.98 Å². The minimum atomic E-state index is 0.363. The van der Waals surface area contributed by atoms with Gasteiger partial charge in [0.1, 0.15) is 0 Å². The fraction of sp³-hybridized carbons (Fsp3) is 0.636. The molecule has 2 N–H and O–H groups in total. The summed E-state index contributed by atoms with van der Waals surface area (Å²) in [4.78, 5) is 3.35. The molecule has 0 aromatic carbocycles. The van der Waals surface area contributed by atoms with Gasteiger partial charge in [0, 0.05) is 24.4 Å². The van der Waals surface area contributed by atoms with Crippen LogP contribution in [0.4, 0.5) is 5.69 Å². The Labute approximate surface area is 79.7 Å². The van der Waals surface area contributed by atoms with E-state index in [9.17, 15) is 0 Å². The number of H-pyrrole nitrogens is 1. The molecule has 2 rings (SSSR count). The summed E-state index contributed by atoms with van der Waals surface area (Å²) >= 11 is 0. The molecule has 2 nitrogen and oxygen atoms in total. The molecule has 0 saturated carbocycles.